The SMILES string of the molecule is CC(CN(C)c1nnc(-c2ccccn2)s1)C(=O)O. The summed E-state index contributed by atoms with van der Waals surface area (Å²) >= 11 is 1.40. The molecule has 0 radical (unpaired) electrons. The maximum absolute atomic E-state index is 10.8. The molecule has 0 aliphatic rings. The molecule has 0 fully saturated rings. The highest BCUT2D eigenvalue weighted by molar-refractivity contribution is 7.18. The number of anilines is 1. The predicted octanol–water partition coefficient (Wildman–Crippen LogP) is 1.76. The fraction of sp³-hybridized carbons (Fsp3) is 0.333. The van der Waals surface area contributed by atoms with E-state index in [0.717, 1.165) is 10.7 Å². The van der Waals surface area contributed by atoms with Gasteiger partial charge in [-0.2, -0.15) is 0 Å². The normalized spacial score (nSPS) is 12.1. The van der Waals surface area contributed by atoms with Crippen molar-refractivity contribution in [3.8, 4) is 10.7 Å². The fourth-order valence-corrected chi connectivity index (χ4v) is 2.32. The molecule has 0 saturated heterocycles. The first-order chi connectivity index (χ1) is 9.08. The zero-order chi connectivity index (χ0) is 13.8. The van der Waals surface area contributed by atoms with Crippen molar-refractivity contribution in [1.82, 2.24) is 15.2 Å². The standard InChI is InChI=1S/C12H14N4O2S/c1-8(11(17)18)7-16(2)12-15-14-10(19-12)9-5-3-4-6-13-9/h3-6,8H,7H2,1-2H3,(H,17,18). The topological polar surface area (TPSA) is 79.2 Å². The molecule has 7 heteroatoms. The summed E-state index contributed by atoms with van der Waals surface area (Å²) in [7, 11) is 1.81. The minimum atomic E-state index is -0.818. The average Bonchev–Trinajstić information content (AvgIpc) is 2.89. The molecule has 100 valence electrons. The summed E-state index contributed by atoms with van der Waals surface area (Å²) in [5.74, 6) is -1.27. The summed E-state index contributed by atoms with van der Waals surface area (Å²) in [5, 5.41) is 18.5. The van der Waals surface area contributed by atoms with E-state index in [4.69, 9.17) is 5.11 Å². The summed E-state index contributed by atoms with van der Waals surface area (Å²) in [6, 6.07) is 5.59. The van der Waals surface area contributed by atoms with E-state index >= 15 is 0 Å². The van der Waals surface area contributed by atoms with E-state index in [0.29, 0.717) is 11.7 Å². The minimum Gasteiger partial charge on any atom is -0.481 e. The molecule has 6 nitrogen and oxygen atoms in total. The van der Waals surface area contributed by atoms with Crippen LogP contribution in [0.15, 0.2) is 24.4 Å². The van der Waals surface area contributed by atoms with Gasteiger partial charge in [-0.25, -0.2) is 0 Å². The third-order valence-corrected chi connectivity index (χ3v) is 3.65. The second-order valence-electron chi connectivity index (χ2n) is 4.22. The highest BCUT2D eigenvalue weighted by atomic mass is 32.1. The highest BCUT2D eigenvalue weighted by Crippen LogP contribution is 2.26. The molecule has 0 bridgehead atoms. The number of rotatable bonds is 5. The fourth-order valence-electron chi connectivity index (χ4n) is 1.53. The van der Waals surface area contributed by atoms with Crippen molar-refractivity contribution < 1.29 is 9.90 Å². The Morgan fingerprint density at radius 1 is 1.47 bits per heavy atom. The summed E-state index contributed by atoms with van der Waals surface area (Å²) in [6.07, 6.45) is 1.70. The van der Waals surface area contributed by atoms with Gasteiger partial charge in [0.25, 0.3) is 0 Å². The number of aliphatic carboxylic acids is 1. The molecule has 0 spiro atoms. The van der Waals surface area contributed by atoms with Crippen molar-refractivity contribution in [2.75, 3.05) is 18.5 Å². The Kier molecular flexibility index (Phi) is 4.06. The van der Waals surface area contributed by atoms with Crippen LogP contribution in [0.25, 0.3) is 10.7 Å². The molecule has 1 unspecified atom stereocenters. The van der Waals surface area contributed by atoms with Crippen LogP contribution in [0.5, 0.6) is 0 Å². The zero-order valence-electron chi connectivity index (χ0n) is 10.6. The van der Waals surface area contributed by atoms with Crippen LogP contribution in [0.3, 0.4) is 0 Å². The summed E-state index contributed by atoms with van der Waals surface area (Å²) in [5.41, 5.74) is 0.769. The average molecular weight is 278 g/mol. The van der Waals surface area contributed by atoms with E-state index in [1.165, 1.54) is 11.3 Å². The lowest BCUT2D eigenvalue weighted by molar-refractivity contribution is -0.140. The lowest BCUT2D eigenvalue weighted by atomic mass is 10.2. The summed E-state index contributed by atoms with van der Waals surface area (Å²) in [6.45, 7) is 2.06. The lowest BCUT2D eigenvalue weighted by Gasteiger charge is -2.17. The molecule has 0 aliphatic carbocycles. The van der Waals surface area contributed by atoms with Crippen LogP contribution in [0.2, 0.25) is 0 Å². The zero-order valence-corrected chi connectivity index (χ0v) is 11.5. The van der Waals surface area contributed by atoms with E-state index in [-0.39, 0.29) is 0 Å². The van der Waals surface area contributed by atoms with Gasteiger partial charge in [0, 0.05) is 19.8 Å². The van der Waals surface area contributed by atoms with E-state index in [2.05, 4.69) is 15.2 Å². The molecule has 19 heavy (non-hydrogen) atoms. The maximum Gasteiger partial charge on any atom is 0.308 e. The molecule has 0 aliphatic heterocycles. The monoisotopic (exact) mass is 278 g/mol. The molecule has 0 saturated carbocycles. The quantitative estimate of drug-likeness (QED) is 0.897. The van der Waals surface area contributed by atoms with Gasteiger partial charge in [0.15, 0.2) is 5.01 Å². The van der Waals surface area contributed by atoms with Crippen molar-refractivity contribution in [3.05, 3.63) is 24.4 Å². The van der Waals surface area contributed by atoms with Crippen molar-refractivity contribution in [2.45, 2.75) is 6.92 Å². The van der Waals surface area contributed by atoms with Crippen molar-refractivity contribution in [3.63, 3.8) is 0 Å². The second kappa shape index (κ2) is 5.75. The molecule has 2 aromatic rings. The van der Waals surface area contributed by atoms with E-state index in [1.807, 2.05) is 25.2 Å². The van der Waals surface area contributed by atoms with Crippen molar-refractivity contribution in [2.24, 2.45) is 5.92 Å². The first kappa shape index (κ1) is 13.4. The first-order valence-electron chi connectivity index (χ1n) is 5.76. The Morgan fingerprint density at radius 3 is 2.89 bits per heavy atom. The van der Waals surface area contributed by atoms with Crippen LogP contribution in [0.1, 0.15) is 6.92 Å². The van der Waals surface area contributed by atoms with E-state index in [1.54, 1.807) is 18.0 Å². The van der Waals surface area contributed by atoms with Crippen LogP contribution in [-0.2, 0) is 4.79 Å². The van der Waals surface area contributed by atoms with Crippen LogP contribution in [0.4, 0.5) is 5.13 Å². The largest absolute Gasteiger partial charge is 0.481 e. The molecule has 0 amide bonds. The van der Waals surface area contributed by atoms with Crippen LogP contribution in [0, 0.1) is 5.92 Å². The highest BCUT2D eigenvalue weighted by Gasteiger charge is 2.17. The summed E-state index contributed by atoms with van der Waals surface area (Å²) < 4.78 is 0. The number of carbonyl (C=O) groups is 1. The second-order valence-corrected chi connectivity index (χ2v) is 5.18. The molecule has 1 N–H and O–H groups in total. The number of hydrogen-bond acceptors (Lipinski definition) is 6. The Morgan fingerprint density at radius 2 is 2.26 bits per heavy atom. The predicted molar refractivity (Wildman–Crippen MR) is 73.2 cm³/mol. The van der Waals surface area contributed by atoms with Crippen LogP contribution < -0.4 is 4.90 Å². The van der Waals surface area contributed by atoms with Gasteiger partial charge >= 0.3 is 5.97 Å². The Bertz CT molecular complexity index is 558. The third-order valence-electron chi connectivity index (χ3n) is 2.59. The number of carboxylic acid groups (broad SMARTS) is 1. The Balaban J connectivity index is 2.11. The number of aromatic nitrogens is 3. The van der Waals surface area contributed by atoms with Gasteiger partial charge in [0.05, 0.1) is 5.92 Å². The van der Waals surface area contributed by atoms with Crippen molar-refractivity contribution >= 4 is 22.4 Å². The number of pyridine rings is 1. The molecule has 2 heterocycles. The number of nitrogens with zero attached hydrogens (tertiary/aromatic N) is 4. The van der Waals surface area contributed by atoms with Gasteiger partial charge < -0.3 is 10.0 Å². The Hall–Kier alpha value is -2.02. The van der Waals surface area contributed by atoms with E-state index in [9.17, 15) is 4.79 Å². The molecule has 2 aromatic heterocycles. The van der Waals surface area contributed by atoms with Gasteiger partial charge in [-0.3, -0.25) is 9.78 Å². The van der Waals surface area contributed by atoms with Gasteiger partial charge in [-0.05, 0) is 12.1 Å². The molecule has 0 aromatic carbocycles. The van der Waals surface area contributed by atoms with Gasteiger partial charge in [-0.15, -0.1) is 10.2 Å². The van der Waals surface area contributed by atoms with Gasteiger partial charge in [0.1, 0.15) is 5.69 Å². The van der Waals surface area contributed by atoms with Crippen molar-refractivity contribution in [1.29, 1.82) is 0 Å². The number of carboxylic acids is 1. The molecular weight excluding hydrogens is 264 g/mol. The molecule has 2 rings (SSSR count). The van der Waals surface area contributed by atoms with Gasteiger partial charge in [-0.1, -0.05) is 24.3 Å². The van der Waals surface area contributed by atoms with Crippen LogP contribution >= 0.6 is 11.3 Å². The van der Waals surface area contributed by atoms with Gasteiger partial charge in [0.2, 0.25) is 5.13 Å². The molecular formula is C12H14N4O2S. The summed E-state index contributed by atoms with van der Waals surface area (Å²) in [4.78, 5) is 16.8. The van der Waals surface area contributed by atoms with Crippen LogP contribution in [-0.4, -0.2) is 39.8 Å². The minimum absolute atomic E-state index is 0.395. The van der Waals surface area contributed by atoms with E-state index < -0.39 is 11.9 Å². The molecule has 1 atom stereocenters. The first-order valence-corrected chi connectivity index (χ1v) is 6.58. The lowest BCUT2D eigenvalue weighted by Crippen LogP contribution is -2.28. The Labute approximate surface area is 114 Å². The number of hydrogen-bond donors (Lipinski definition) is 1. The smallest absolute Gasteiger partial charge is 0.308 e. The third kappa shape index (κ3) is 3.25. The maximum atomic E-state index is 10.8.